The van der Waals surface area contributed by atoms with Crippen LogP contribution in [0.15, 0.2) is 0 Å². The molecule has 0 aromatic heterocycles. The summed E-state index contributed by atoms with van der Waals surface area (Å²) < 4.78 is 5.28. The maximum atomic E-state index is 12.3. The van der Waals surface area contributed by atoms with Crippen LogP contribution in [-0.4, -0.2) is 48.7 Å². The molecule has 2 rings (SSSR count). The van der Waals surface area contributed by atoms with E-state index in [1.165, 1.54) is 38.8 Å². The van der Waals surface area contributed by atoms with E-state index in [2.05, 4.69) is 17.1 Å². The summed E-state index contributed by atoms with van der Waals surface area (Å²) in [5.74, 6) is 0.802. The van der Waals surface area contributed by atoms with Gasteiger partial charge in [-0.15, -0.1) is 0 Å². The van der Waals surface area contributed by atoms with Crippen LogP contribution in [0.4, 0.5) is 0 Å². The van der Waals surface area contributed by atoms with Gasteiger partial charge in [-0.1, -0.05) is 13.3 Å². The molecule has 0 spiro atoms. The minimum atomic E-state index is -0.499. The van der Waals surface area contributed by atoms with E-state index in [0.29, 0.717) is 12.6 Å². The molecule has 0 bridgehead atoms. The Morgan fingerprint density at radius 2 is 2.10 bits per heavy atom. The second-order valence-electron chi connectivity index (χ2n) is 6.94. The summed E-state index contributed by atoms with van der Waals surface area (Å²) in [5, 5.41) is 3.50. The first-order valence-corrected chi connectivity index (χ1v) is 8.74. The molecule has 4 nitrogen and oxygen atoms in total. The second kappa shape index (κ2) is 7.59. The molecule has 2 fully saturated rings. The standard InChI is InChI=1S/C17H32N2O2/c1-4-14-9-12-19(13-14)11-6-10-17(3,16(20)21-5-2)18-15-7-8-15/h14-15,18H,4-13H2,1-3H3. The highest BCUT2D eigenvalue weighted by Crippen LogP contribution is 2.26. The van der Waals surface area contributed by atoms with Gasteiger partial charge in [-0.3, -0.25) is 10.1 Å². The number of likely N-dealkylation sites (tertiary alicyclic amines) is 1. The molecule has 122 valence electrons. The van der Waals surface area contributed by atoms with Crippen LogP contribution in [-0.2, 0) is 9.53 Å². The molecule has 2 atom stereocenters. The van der Waals surface area contributed by atoms with E-state index < -0.39 is 5.54 Å². The number of hydrogen-bond donors (Lipinski definition) is 1. The molecular formula is C17H32N2O2. The lowest BCUT2D eigenvalue weighted by atomic mass is 9.95. The largest absolute Gasteiger partial charge is 0.465 e. The van der Waals surface area contributed by atoms with Gasteiger partial charge in [0.25, 0.3) is 0 Å². The fraction of sp³-hybridized carbons (Fsp3) is 0.941. The Kier molecular flexibility index (Phi) is 6.06. The van der Waals surface area contributed by atoms with E-state index in [-0.39, 0.29) is 5.97 Å². The molecule has 1 aliphatic carbocycles. The zero-order valence-corrected chi connectivity index (χ0v) is 14.0. The molecule has 2 aliphatic rings. The van der Waals surface area contributed by atoms with Gasteiger partial charge in [0.15, 0.2) is 0 Å². The Morgan fingerprint density at radius 3 is 2.67 bits per heavy atom. The number of nitrogens with zero attached hydrogens (tertiary/aromatic N) is 1. The highest BCUT2D eigenvalue weighted by molar-refractivity contribution is 5.80. The van der Waals surface area contributed by atoms with Crippen molar-refractivity contribution in [2.24, 2.45) is 5.92 Å². The maximum absolute atomic E-state index is 12.3. The number of carbonyl (C=O) groups is 1. The molecular weight excluding hydrogens is 264 g/mol. The van der Waals surface area contributed by atoms with Crippen molar-refractivity contribution >= 4 is 5.97 Å². The number of hydrogen-bond acceptors (Lipinski definition) is 4. The molecule has 0 aromatic rings. The van der Waals surface area contributed by atoms with Gasteiger partial charge in [0, 0.05) is 12.6 Å². The molecule has 1 heterocycles. The quantitative estimate of drug-likeness (QED) is 0.664. The SMILES string of the molecule is CCOC(=O)C(C)(CCCN1CCC(CC)C1)NC1CC1. The van der Waals surface area contributed by atoms with Crippen molar-refractivity contribution in [3.8, 4) is 0 Å². The van der Waals surface area contributed by atoms with Gasteiger partial charge in [0.1, 0.15) is 5.54 Å². The summed E-state index contributed by atoms with van der Waals surface area (Å²) in [6.45, 7) is 10.2. The van der Waals surface area contributed by atoms with Crippen molar-refractivity contribution in [1.29, 1.82) is 0 Å². The van der Waals surface area contributed by atoms with Crippen molar-refractivity contribution < 1.29 is 9.53 Å². The van der Waals surface area contributed by atoms with Crippen molar-refractivity contribution in [3.63, 3.8) is 0 Å². The molecule has 2 unspecified atom stereocenters. The van der Waals surface area contributed by atoms with Gasteiger partial charge in [-0.05, 0) is 65.0 Å². The van der Waals surface area contributed by atoms with E-state index in [0.717, 1.165) is 25.3 Å². The second-order valence-corrected chi connectivity index (χ2v) is 6.94. The monoisotopic (exact) mass is 296 g/mol. The fourth-order valence-electron chi connectivity index (χ4n) is 3.31. The number of ether oxygens (including phenoxy) is 1. The summed E-state index contributed by atoms with van der Waals surface area (Å²) in [4.78, 5) is 14.8. The highest BCUT2D eigenvalue weighted by Gasteiger charge is 2.39. The molecule has 0 aromatic carbocycles. The number of nitrogens with one attached hydrogen (secondary N) is 1. The van der Waals surface area contributed by atoms with E-state index in [4.69, 9.17) is 4.74 Å². The molecule has 21 heavy (non-hydrogen) atoms. The van der Waals surface area contributed by atoms with Crippen LogP contribution in [0, 0.1) is 5.92 Å². The Morgan fingerprint density at radius 1 is 1.33 bits per heavy atom. The zero-order chi connectivity index (χ0) is 15.3. The van der Waals surface area contributed by atoms with Crippen LogP contribution in [0.5, 0.6) is 0 Å². The van der Waals surface area contributed by atoms with Gasteiger partial charge >= 0.3 is 5.97 Å². The van der Waals surface area contributed by atoms with Gasteiger partial charge in [0.05, 0.1) is 6.61 Å². The number of rotatable bonds is 9. The lowest BCUT2D eigenvalue weighted by Gasteiger charge is -2.29. The molecule has 1 saturated heterocycles. The van der Waals surface area contributed by atoms with Crippen LogP contribution in [0.3, 0.4) is 0 Å². The van der Waals surface area contributed by atoms with Crippen molar-refractivity contribution in [1.82, 2.24) is 10.2 Å². The summed E-state index contributed by atoms with van der Waals surface area (Å²) in [5.41, 5.74) is -0.499. The number of carbonyl (C=O) groups excluding carboxylic acids is 1. The normalized spacial score (nSPS) is 25.8. The van der Waals surface area contributed by atoms with E-state index >= 15 is 0 Å². The summed E-state index contributed by atoms with van der Waals surface area (Å²) in [6.07, 6.45) is 6.95. The third kappa shape index (κ3) is 4.96. The summed E-state index contributed by atoms with van der Waals surface area (Å²) in [6, 6.07) is 0.524. The lowest BCUT2D eigenvalue weighted by molar-refractivity contribution is -0.151. The van der Waals surface area contributed by atoms with Crippen molar-refractivity contribution in [2.75, 3.05) is 26.2 Å². The summed E-state index contributed by atoms with van der Waals surface area (Å²) in [7, 11) is 0. The van der Waals surface area contributed by atoms with Gasteiger partial charge in [0.2, 0.25) is 0 Å². The zero-order valence-electron chi connectivity index (χ0n) is 14.0. The molecule has 1 saturated carbocycles. The summed E-state index contributed by atoms with van der Waals surface area (Å²) >= 11 is 0. The first kappa shape index (κ1) is 16.8. The number of esters is 1. The van der Waals surface area contributed by atoms with Gasteiger partial charge < -0.3 is 9.64 Å². The molecule has 1 N–H and O–H groups in total. The molecule has 4 heteroatoms. The molecule has 0 amide bonds. The third-order valence-corrected chi connectivity index (χ3v) is 4.92. The van der Waals surface area contributed by atoms with Gasteiger partial charge in [-0.25, -0.2) is 0 Å². The first-order valence-electron chi connectivity index (χ1n) is 8.74. The van der Waals surface area contributed by atoms with Crippen molar-refractivity contribution in [3.05, 3.63) is 0 Å². The van der Waals surface area contributed by atoms with Crippen LogP contribution in [0.2, 0.25) is 0 Å². The average molecular weight is 296 g/mol. The fourth-order valence-corrected chi connectivity index (χ4v) is 3.31. The van der Waals surface area contributed by atoms with Gasteiger partial charge in [-0.2, -0.15) is 0 Å². The first-order chi connectivity index (χ1) is 10.1. The average Bonchev–Trinajstić information content (AvgIpc) is 3.14. The van der Waals surface area contributed by atoms with E-state index in [1.807, 2.05) is 13.8 Å². The topological polar surface area (TPSA) is 41.6 Å². The highest BCUT2D eigenvalue weighted by atomic mass is 16.5. The Hall–Kier alpha value is -0.610. The molecule has 1 aliphatic heterocycles. The third-order valence-electron chi connectivity index (χ3n) is 4.92. The Bertz CT molecular complexity index is 344. The predicted molar refractivity (Wildman–Crippen MR) is 85.3 cm³/mol. The van der Waals surface area contributed by atoms with E-state index in [1.54, 1.807) is 0 Å². The Balaban J connectivity index is 1.77. The Labute approximate surface area is 129 Å². The maximum Gasteiger partial charge on any atom is 0.326 e. The minimum absolute atomic E-state index is 0.0789. The smallest absolute Gasteiger partial charge is 0.326 e. The van der Waals surface area contributed by atoms with Crippen LogP contribution >= 0.6 is 0 Å². The van der Waals surface area contributed by atoms with E-state index in [9.17, 15) is 4.79 Å². The molecule has 0 radical (unpaired) electrons. The lowest BCUT2D eigenvalue weighted by Crippen LogP contribution is -2.51. The predicted octanol–water partition coefficient (Wildman–Crippen LogP) is 2.57. The van der Waals surface area contributed by atoms with Crippen LogP contribution in [0.1, 0.15) is 59.3 Å². The van der Waals surface area contributed by atoms with Crippen LogP contribution < -0.4 is 5.32 Å². The van der Waals surface area contributed by atoms with Crippen LogP contribution in [0.25, 0.3) is 0 Å². The minimum Gasteiger partial charge on any atom is -0.465 e. The van der Waals surface area contributed by atoms with Crippen molar-refractivity contribution in [2.45, 2.75) is 70.9 Å².